The highest BCUT2D eigenvalue weighted by molar-refractivity contribution is 6.00. The lowest BCUT2D eigenvalue weighted by molar-refractivity contribution is -0.129. The van der Waals surface area contributed by atoms with Gasteiger partial charge >= 0.3 is 0 Å². The average Bonchev–Trinajstić information content (AvgIpc) is 3.33. The zero-order valence-corrected chi connectivity index (χ0v) is 23.1. The van der Waals surface area contributed by atoms with E-state index in [0.29, 0.717) is 54.5 Å². The van der Waals surface area contributed by atoms with Gasteiger partial charge in [-0.1, -0.05) is 47.6 Å². The minimum absolute atomic E-state index is 0.0584. The number of benzene rings is 3. The summed E-state index contributed by atoms with van der Waals surface area (Å²) in [6, 6.07) is 22.0. The van der Waals surface area contributed by atoms with Gasteiger partial charge in [0.15, 0.2) is 5.54 Å². The van der Waals surface area contributed by atoms with E-state index in [-0.39, 0.29) is 18.9 Å². The second-order valence-electron chi connectivity index (χ2n) is 9.49. The van der Waals surface area contributed by atoms with Gasteiger partial charge in [-0.05, 0) is 60.3 Å². The number of aliphatic imine (C=N–C) groups is 1. The first-order valence-electron chi connectivity index (χ1n) is 13.4. The molecule has 1 aliphatic rings. The number of nitrogens with zero attached hydrogens (tertiary/aromatic N) is 4. The smallest absolute Gasteiger partial charge is 0.266 e. The van der Waals surface area contributed by atoms with Crippen molar-refractivity contribution in [2.24, 2.45) is 10.1 Å². The highest BCUT2D eigenvalue weighted by atomic mass is 16.5. The van der Waals surface area contributed by atoms with Crippen LogP contribution in [0.1, 0.15) is 30.0 Å². The number of carbonyl (C=O) groups excluding carboxylic acids is 1. The summed E-state index contributed by atoms with van der Waals surface area (Å²) in [6.45, 7) is 2.72. The number of rotatable bonds is 14. The SMILES string of the molecule is COc1ccccc1CCNNC(=O)[C@@]1(Cc2ccccc2N=[N+]=[N-])N=C(c2ccc(OCCCO)cc2)O[C@H]1C. The Kier molecular flexibility index (Phi) is 10.2. The molecule has 4 rings (SSSR count). The molecule has 0 aromatic heterocycles. The van der Waals surface area contributed by atoms with E-state index in [1.54, 1.807) is 38.3 Å². The molecule has 1 aliphatic heterocycles. The maximum absolute atomic E-state index is 13.8. The summed E-state index contributed by atoms with van der Waals surface area (Å²) in [4.78, 5) is 21.6. The van der Waals surface area contributed by atoms with Crippen LogP contribution in [0.2, 0.25) is 0 Å². The van der Waals surface area contributed by atoms with E-state index < -0.39 is 11.6 Å². The summed E-state index contributed by atoms with van der Waals surface area (Å²) in [5.74, 6) is 1.38. The minimum Gasteiger partial charge on any atom is -0.496 e. The average molecular weight is 559 g/mol. The summed E-state index contributed by atoms with van der Waals surface area (Å²) in [5.41, 5.74) is 16.4. The summed E-state index contributed by atoms with van der Waals surface area (Å²) in [5, 5.41) is 12.8. The Morgan fingerprint density at radius 2 is 1.85 bits per heavy atom. The zero-order valence-electron chi connectivity index (χ0n) is 23.1. The topological polar surface area (TPSA) is 150 Å². The molecule has 0 aliphatic carbocycles. The normalized spacial score (nSPS) is 17.6. The fourth-order valence-corrected chi connectivity index (χ4v) is 4.60. The number of carbonyl (C=O) groups is 1. The molecule has 0 unspecified atom stereocenters. The Morgan fingerprint density at radius 3 is 2.59 bits per heavy atom. The molecule has 0 fully saturated rings. The molecule has 0 spiro atoms. The quantitative estimate of drug-likeness (QED) is 0.0877. The van der Waals surface area contributed by atoms with Crippen LogP contribution in [-0.4, -0.2) is 55.4 Å². The first-order chi connectivity index (χ1) is 20.0. The number of azide groups is 1. The van der Waals surface area contributed by atoms with Crippen LogP contribution >= 0.6 is 0 Å². The van der Waals surface area contributed by atoms with Crippen LogP contribution < -0.4 is 20.3 Å². The Morgan fingerprint density at radius 1 is 1.12 bits per heavy atom. The van der Waals surface area contributed by atoms with Gasteiger partial charge in [0, 0.05) is 42.2 Å². The van der Waals surface area contributed by atoms with Gasteiger partial charge in [-0.15, -0.1) is 0 Å². The fraction of sp³-hybridized carbons (Fsp3) is 0.333. The van der Waals surface area contributed by atoms with Gasteiger partial charge < -0.3 is 19.3 Å². The number of aliphatic hydroxyl groups excluding tert-OH is 1. The Hall–Kier alpha value is -4.57. The summed E-state index contributed by atoms with van der Waals surface area (Å²) >= 11 is 0. The van der Waals surface area contributed by atoms with Crippen molar-refractivity contribution in [2.45, 2.75) is 37.8 Å². The Labute approximate surface area is 238 Å². The van der Waals surface area contributed by atoms with Crippen molar-refractivity contribution in [3.05, 3.63) is 99.9 Å². The Balaban J connectivity index is 1.57. The molecule has 3 N–H and O–H groups in total. The number of methoxy groups -OCH3 is 1. The number of para-hydroxylation sites is 1. The van der Waals surface area contributed by atoms with E-state index in [1.165, 1.54) is 0 Å². The van der Waals surface area contributed by atoms with Crippen molar-refractivity contribution in [3.63, 3.8) is 0 Å². The monoisotopic (exact) mass is 558 g/mol. The standard InChI is InChI=1S/C30H34N6O5/c1-21-30(20-24-9-3-5-10-26(24)34-36-31,29(38)35-32-17-16-22-8-4-6-11-27(22)39-2)33-28(41-21)23-12-14-25(15-13-23)40-19-7-18-37/h3-6,8-15,21,32,37H,7,16-20H2,1-2H3,(H,35,38)/t21-,30-/m0/s1. The van der Waals surface area contributed by atoms with Gasteiger partial charge in [-0.3, -0.25) is 10.2 Å². The minimum atomic E-state index is -1.34. The number of nitrogens with one attached hydrogen (secondary N) is 2. The van der Waals surface area contributed by atoms with Crippen LogP contribution in [-0.2, 0) is 22.4 Å². The third-order valence-corrected chi connectivity index (χ3v) is 6.85. The number of amides is 1. The van der Waals surface area contributed by atoms with Crippen LogP contribution in [0.3, 0.4) is 0 Å². The highest BCUT2D eigenvalue weighted by Crippen LogP contribution is 2.35. The number of hydrazine groups is 1. The molecule has 2 atom stereocenters. The van der Waals surface area contributed by atoms with Gasteiger partial charge in [0.25, 0.3) is 5.91 Å². The molecule has 0 radical (unpaired) electrons. The molecule has 214 valence electrons. The van der Waals surface area contributed by atoms with Crippen molar-refractivity contribution in [2.75, 3.05) is 26.9 Å². The van der Waals surface area contributed by atoms with E-state index in [9.17, 15) is 4.79 Å². The van der Waals surface area contributed by atoms with Crippen LogP contribution in [0.5, 0.6) is 11.5 Å². The van der Waals surface area contributed by atoms with Crippen LogP contribution in [0.15, 0.2) is 82.9 Å². The first kappa shape index (κ1) is 29.4. The summed E-state index contributed by atoms with van der Waals surface area (Å²) in [7, 11) is 1.63. The number of hydrogen-bond donors (Lipinski definition) is 3. The second-order valence-corrected chi connectivity index (χ2v) is 9.49. The predicted octanol–water partition coefficient (Wildman–Crippen LogP) is 4.41. The van der Waals surface area contributed by atoms with E-state index in [1.807, 2.05) is 48.5 Å². The molecule has 0 bridgehead atoms. The maximum atomic E-state index is 13.8. The van der Waals surface area contributed by atoms with Crippen molar-refractivity contribution in [1.82, 2.24) is 10.9 Å². The number of aliphatic hydroxyl groups is 1. The number of hydrogen-bond acceptors (Lipinski definition) is 8. The molecule has 1 amide bonds. The second kappa shape index (κ2) is 14.2. The van der Waals surface area contributed by atoms with Gasteiger partial charge in [0.05, 0.1) is 13.7 Å². The predicted molar refractivity (Wildman–Crippen MR) is 155 cm³/mol. The van der Waals surface area contributed by atoms with Crippen LogP contribution in [0.4, 0.5) is 5.69 Å². The van der Waals surface area contributed by atoms with Gasteiger partial charge in [-0.2, -0.15) is 0 Å². The summed E-state index contributed by atoms with van der Waals surface area (Å²) in [6.07, 6.45) is 0.685. The molecule has 0 saturated heterocycles. The highest BCUT2D eigenvalue weighted by Gasteiger charge is 2.50. The third kappa shape index (κ3) is 7.15. The largest absolute Gasteiger partial charge is 0.496 e. The fourth-order valence-electron chi connectivity index (χ4n) is 4.60. The lowest BCUT2D eigenvalue weighted by Gasteiger charge is -2.28. The van der Waals surface area contributed by atoms with Gasteiger partial charge in [0.2, 0.25) is 5.90 Å². The third-order valence-electron chi connectivity index (χ3n) is 6.85. The van der Waals surface area contributed by atoms with Crippen molar-refractivity contribution in [1.29, 1.82) is 0 Å². The maximum Gasteiger partial charge on any atom is 0.266 e. The van der Waals surface area contributed by atoms with E-state index in [4.69, 9.17) is 29.8 Å². The van der Waals surface area contributed by atoms with Crippen molar-refractivity contribution >= 4 is 17.5 Å². The molecular weight excluding hydrogens is 524 g/mol. The number of ether oxygens (including phenoxy) is 3. The molecule has 11 nitrogen and oxygen atoms in total. The lowest BCUT2D eigenvalue weighted by atomic mass is 9.85. The molecule has 3 aromatic carbocycles. The van der Waals surface area contributed by atoms with E-state index >= 15 is 0 Å². The first-order valence-corrected chi connectivity index (χ1v) is 13.4. The van der Waals surface area contributed by atoms with Crippen molar-refractivity contribution < 1.29 is 24.1 Å². The lowest BCUT2D eigenvalue weighted by Crippen LogP contribution is -2.56. The molecule has 1 heterocycles. The van der Waals surface area contributed by atoms with Gasteiger partial charge in [-0.25, -0.2) is 10.4 Å². The van der Waals surface area contributed by atoms with Crippen molar-refractivity contribution in [3.8, 4) is 11.5 Å². The molecule has 11 heteroatoms. The molecule has 3 aromatic rings. The Bertz CT molecular complexity index is 1410. The van der Waals surface area contributed by atoms with E-state index in [2.05, 4.69) is 20.9 Å². The van der Waals surface area contributed by atoms with Crippen LogP contribution in [0, 0.1) is 0 Å². The molecular formula is C30H34N6O5. The molecule has 0 saturated carbocycles. The van der Waals surface area contributed by atoms with E-state index in [0.717, 1.165) is 11.3 Å². The zero-order chi connectivity index (χ0) is 29.1. The van der Waals surface area contributed by atoms with Gasteiger partial charge in [0.1, 0.15) is 17.6 Å². The van der Waals surface area contributed by atoms with Crippen LogP contribution in [0.25, 0.3) is 10.4 Å². The summed E-state index contributed by atoms with van der Waals surface area (Å²) < 4.78 is 17.2. The molecule has 41 heavy (non-hydrogen) atoms.